The second-order valence-corrected chi connectivity index (χ2v) is 6.59. The average Bonchev–Trinajstić information content (AvgIpc) is 2.75. The molecule has 0 radical (unpaired) electrons. The lowest BCUT2D eigenvalue weighted by Gasteiger charge is -2.08. The van der Waals surface area contributed by atoms with Crippen molar-refractivity contribution in [2.45, 2.75) is 13.3 Å². The van der Waals surface area contributed by atoms with Gasteiger partial charge in [-0.2, -0.15) is 0 Å². The van der Waals surface area contributed by atoms with Crippen LogP contribution in [0.4, 0.5) is 0 Å². The molecule has 0 saturated carbocycles. The molecule has 0 saturated heterocycles. The van der Waals surface area contributed by atoms with Gasteiger partial charge in [-0.15, -0.1) is 11.3 Å². The van der Waals surface area contributed by atoms with E-state index in [9.17, 15) is 4.79 Å². The van der Waals surface area contributed by atoms with Crippen LogP contribution in [0.15, 0.2) is 46.3 Å². The van der Waals surface area contributed by atoms with Gasteiger partial charge < -0.3 is 0 Å². The third-order valence-corrected chi connectivity index (χ3v) is 4.29. The summed E-state index contributed by atoms with van der Waals surface area (Å²) in [5, 5.41) is 0. The second-order valence-electron chi connectivity index (χ2n) is 4.04. The van der Waals surface area contributed by atoms with E-state index in [0.29, 0.717) is 0 Å². The molecule has 0 bridgehead atoms. The molecule has 1 aromatic heterocycles. The van der Waals surface area contributed by atoms with Crippen LogP contribution in [-0.2, 0) is 6.42 Å². The molecule has 2 aromatic rings. The number of hydrogen-bond acceptors (Lipinski definition) is 2. The van der Waals surface area contributed by atoms with Gasteiger partial charge in [-0.3, -0.25) is 4.79 Å². The molecule has 1 heterocycles. The van der Waals surface area contributed by atoms with Crippen LogP contribution >= 0.6 is 27.3 Å². The summed E-state index contributed by atoms with van der Waals surface area (Å²) in [4.78, 5) is 13.4. The first-order chi connectivity index (χ1) is 8.16. The summed E-state index contributed by atoms with van der Waals surface area (Å²) in [5.74, 6) is 0.248. The van der Waals surface area contributed by atoms with Crippen molar-refractivity contribution in [3.8, 4) is 0 Å². The lowest BCUT2D eigenvalue weighted by atomic mass is 9.96. The minimum absolute atomic E-state index is 0.0305. The molecule has 0 aliphatic carbocycles. The van der Waals surface area contributed by atoms with Crippen LogP contribution in [-0.4, -0.2) is 5.78 Å². The zero-order chi connectivity index (χ0) is 12.3. The normalized spacial score (nSPS) is 12.4. The lowest BCUT2D eigenvalue weighted by Crippen LogP contribution is -2.13. The van der Waals surface area contributed by atoms with Crippen molar-refractivity contribution in [2.75, 3.05) is 0 Å². The van der Waals surface area contributed by atoms with Crippen molar-refractivity contribution in [2.24, 2.45) is 5.92 Å². The van der Waals surface area contributed by atoms with E-state index in [1.165, 1.54) is 4.88 Å². The van der Waals surface area contributed by atoms with Crippen LogP contribution in [0.3, 0.4) is 0 Å². The first-order valence-electron chi connectivity index (χ1n) is 5.50. The van der Waals surface area contributed by atoms with Crippen LogP contribution in [0, 0.1) is 5.92 Å². The molecule has 1 aromatic carbocycles. The first-order valence-corrected chi connectivity index (χ1v) is 7.11. The molecule has 1 unspecified atom stereocenters. The van der Waals surface area contributed by atoms with Gasteiger partial charge in [0.05, 0.1) is 3.79 Å². The van der Waals surface area contributed by atoms with Crippen molar-refractivity contribution >= 4 is 33.0 Å². The summed E-state index contributed by atoms with van der Waals surface area (Å²) >= 11 is 5.13. The van der Waals surface area contributed by atoms with Gasteiger partial charge in [-0.1, -0.05) is 37.3 Å². The van der Waals surface area contributed by atoms with E-state index in [2.05, 4.69) is 22.0 Å². The lowest BCUT2D eigenvalue weighted by molar-refractivity contribution is 0.0930. The van der Waals surface area contributed by atoms with Gasteiger partial charge in [0.15, 0.2) is 5.78 Å². The summed E-state index contributed by atoms with van der Waals surface area (Å²) in [6.45, 7) is 1.99. The predicted molar refractivity (Wildman–Crippen MR) is 75.7 cm³/mol. The van der Waals surface area contributed by atoms with Gasteiger partial charge >= 0.3 is 0 Å². The van der Waals surface area contributed by atoms with Crippen molar-refractivity contribution in [1.82, 2.24) is 0 Å². The standard InChI is InChI=1S/C14H13BrOS/c1-10(9-12-7-8-13(15)17-12)14(16)11-5-3-2-4-6-11/h2-8,10H,9H2,1H3. The Balaban J connectivity index is 2.06. The van der Waals surface area contributed by atoms with Crippen LogP contribution in [0.5, 0.6) is 0 Å². The van der Waals surface area contributed by atoms with E-state index in [1.807, 2.05) is 43.3 Å². The Bertz CT molecular complexity index is 504. The maximum absolute atomic E-state index is 12.1. The van der Waals surface area contributed by atoms with Crippen molar-refractivity contribution in [3.63, 3.8) is 0 Å². The smallest absolute Gasteiger partial charge is 0.166 e. The number of ketones is 1. The zero-order valence-electron chi connectivity index (χ0n) is 9.52. The van der Waals surface area contributed by atoms with Crippen LogP contribution < -0.4 is 0 Å². The molecule has 2 rings (SSSR count). The zero-order valence-corrected chi connectivity index (χ0v) is 11.9. The molecule has 3 heteroatoms. The first kappa shape index (κ1) is 12.5. The third-order valence-electron chi connectivity index (χ3n) is 2.64. The van der Waals surface area contributed by atoms with Crippen LogP contribution in [0.25, 0.3) is 0 Å². The number of hydrogen-bond donors (Lipinski definition) is 0. The Labute approximate surface area is 114 Å². The van der Waals surface area contributed by atoms with E-state index < -0.39 is 0 Å². The molecule has 0 amide bonds. The number of benzene rings is 1. The van der Waals surface area contributed by atoms with Gasteiger partial charge in [-0.25, -0.2) is 0 Å². The Morgan fingerprint density at radius 3 is 2.53 bits per heavy atom. The van der Waals surface area contributed by atoms with E-state index in [4.69, 9.17) is 0 Å². The van der Waals surface area contributed by atoms with Gasteiger partial charge in [-0.05, 0) is 34.5 Å². The highest BCUT2D eigenvalue weighted by molar-refractivity contribution is 9.11. The molecule has 17 heavy (non-hydrogen) atoms. The van der Waals surface area contributed by atoms with E-state index in [0.717, 1.165) is 15.8 Å². The maximum Gasteiger partial charge on any atom is 0.166 e. The van der Waals surface area contributed by atoms with E-state index >= 15 is 0 Å². The fourth-order valence-electron chi connectivity index (χ4n) is 1.74. The van der Waals surface area contributed by atoms with Gasteiger partial charge in [0, 0.05) is 16.4 Å². The topological polar surface area (TPSA) is 17.1 Å². The Kier molecular flexibility index (Phi) is 4.13. The Hall–Kier alpha value is -0.930. The number of thiophene rings is 1. The van der Waals surface area contributed by atoms with Gasteiger partial charge in [0.1, 0.15) is 0 Å². The minimum atomic E-state index is 0.0305. The van der Waals surface area contributed by atoms with Crippen LogP contribution in [0.1, 0.15) is 22.2 Å². The van der Waals surface area contributed by atoms with Gasteiger partial charge in [0.2, 0.25) is 0 Å². The Morgan fingerprint density at radius 1 is 1.24 bits per heavy atom. The van der Waals surface area contributed by atoms with Crippen molar-refractivity contribution in [1.29, 1.82) is 0 Å². The van der Waals surface area contributed by atoms with Crippen molar-refractivity contribution in [3.05, 3.63) is 56.7 Å². The quantitative estimate of drug-likeness (QED) is 0.756. The van der Waals surface area contributed by atoms with E-state index in [1.54, 1.807) is 11.3 Å². The molecule has 88 valence electrons. The number of rotatable bonds is 4. The highest BCUT2D eigenvalue weighted by Crippen LogP contribution is 2.25. The minimum Gasteiger partial charge on any atom is -0.294 e. The highest BCUT2D eigenvalue weighted by atomic mass is 79.9. The molecule has 1 nitrogen and oxygen atoms in total. The third kappa shape index (κ3) is 3.27. The number of halogens is 1. The highest BCUT2D eigenvalue weighted by Gasteiger charge is 2.16. The fraction of sp³-hybridized carbons (Fsp3) is 0.214. The largest absolute Gasteiger partial charge is 0.294 e. The molecule has 0 aliphatic heterocycles. The summed E-state index contributed by atoms with van der Waals surface area (Å²) in [5.41, 5.74) is 0.802. The summed E-state index contributed by atoms with van der Waals surface area (Å²) in [6, 6.07) is 13.6. The molecule has 0 spiro atoms. The SMILES string of the molecule is CC(Cc1ccc(Br)s1)C(=O)c1ccccc1. The predicted octanol–water partition coefficient (Wildman–Crippen LogP) is 4.57. The summed E-state index contributed by atoms with van der Waals surface area (Å²) in [7, 11) is 0. The molecule has 0 N–H and O–H groups in total. The summed E-state index contributed by atoms with van der Waals surface area (Å²) < 4.78 is 1.12. The number of Topliss-reactive ketones (excluding diaryl/α,β-unsaturated/α-hetero) is 1. The van der Waals surface area contributed by atoms with Crippen LogP contribution in [0.2, 0.25) is 0 Å². The average molecular weight is 309 g/mol. The number of carbonyl (C=O) groups excluding carboxylic acids is 1. The summed E-state index contributed by atoms with van der Waals surface area (Å²) in [6.07, 6.45) is 0.810. The second kappa shape index (κ2) is 5.61. The molecular weight excluding hydrogens is 296 g/mol. The van der Waals surface area contributed by atoms with E-state index in [-0.39, 0.29) is 11.7 Å². The maximum atomic E-state index is 12.1. The fourth-order valence-corrected chi connectivity index (χ4v) is 3.35. The molecule has 1 atom stereocenters. The monoisotopic (exact) mass is 308 g/mol. The molecule has 0 aliphatic rings. The van der Waals surface area contributed by atoms with Gasteiger partial charge in [0.25, 0.3) is 0 Å². The molecular formula is C14H13BrOS. The Morgan fingerprint density at radius 2 is 1.94 bits per heavy atom. The number of carbonyl (C=O) groups is 1. The van der Waals surface area contributed by atoms with Crippen molar-refractivity contribution < 1.29 is 4.79 Å². The molecule has 0 fully saturated rings.